The largest absolute Gasteiger partial charge is 0.347 e. The molecule has 2 fully saturated rings. The van der Waals surface area contributed by atoms with Crippen LogP contribution in [0, 0.1) is 11.6 Å². The topological polar surface area (TPSA) is 69.7 Å². The number of anilines is 3. The molecule has 1 saturated heterocycles. The molecule has 2 aliphatic rings. The van der Waals surface area contributed by atoms with Crippen LogP contribution in [0.2, 0.25) is 0 Å². The fourth-order valence-corrected chi connectivity index (χ4v) is 3.83. The average molecular weight is 382 g/mol. The van der Waals surface area contributed by atoms with E-state index >= 15 is 4.39 Å². The molecule has 1 aromatic carbocycles. The lowest BCUT2D eigenvalue weighted by molar-refractivity contribution is 0.598. The van der Waals surface area contributed by atoms with Gasteiger partial charge in [-0.25, -0.2) is 14.4 Å². The molecule has 0 amide bonds. The lowest BCUT2D eigenvalue weighted by atomic mass is 10.0. The molecule has 0 spiro atoms. The molecule has 1 aliphatic carbocycles. The molecule has 5 rings (SSSR count). The summed E-state index contributed by atoms with van der Waals surface area (Å²) in [6, 6.07) is 8.23. The van der Waals surface area contributed by atoms with E-state index in [0.29, 0.717) is 18.3 Å². The number of aromatic nitrogens is 4. The molecule has 8 heteroatoms. The standard InChI is InChI=1S/C20H20F2N6/c21-14-7-5-13(6-8-14)16-2-1-9-28(16)20-18(22)19(23-11-24-20)25-17-10-15(26-27-17)12-3-4-12/h5-8,10-12,16H,1-4,9H2,(H2,23,24,25,26,27). The van der Waals surface area contributed by atoms with E-state index in [-0.39, 0.29) is 23.5 Å². The molecule has 2 N–H and O–H groups in total. The van der Waals surface area contributed by atoms with Crippen LogP contribution >= 0.6 is 0 Å². The summed E-state index contributed by atoms with van der Waals surface area (Å²) in [4.78, 5) is 10.2. The SMILES string of the molecule is Fc1ccc(C2CCCN2c2ncnc(Nc3cc(C4CC4)[nH]n3)c2F)cc1. The van der Waals surface area contributed by atoms with E-state index in [0.717, 1.165) is 36.9 Å². The van der Waals surface area contributed by atoms with E-state index in [1.54, 1.807) is 12.1 Å². The quantitative estimate of drug-likeness (QED) is 0.683. The van der Waals surface area contributed by atoms with Crippen LogP contribution < -0.4 is 10.2 Å². The summed E-state index contributed by atoms with van der Waals surface area (Å²) >= 11 is 0. The van der Waals surface area contributed by atoms with Crippen molar-refractivity contribution in [1.82, 2.24) is 20.2 Å². The monoisotopic (exact) mass is 382 g/mol. The van der Waals surface area contributed by atoms with Crippen LogP contribution in [-0.4, -0.2) is 26.7 Å². The van der Waals surface area contributed by atoms with Crippen molar-refractivity contribution in [1.29, 1.82) is 0 Å². The molecule has 1 unspecified atom stereocenters. The summed E-state index contributed by atoms with van der Waals surface area (Å²) in [6.07, 6.45) is 5.45. The van der Waals surface area contributed by atoms with Gasteiger partial charge in [-0.15, -0.1) is 0 Å². The molecule has 3 aromatic rings. The first kappa shape index (κ1) is 17.1. The summed E-state index contributed by atoms with van der Waals surface area (Å²) in [6.45, 7) is 0.684. The second-order valence-electron chi connectivity index (χ2n) is 7.37. The van der Waals surface area contributed by atoms with E-state index < -0.39 is 5.82 Å². The highest BCUT2D eigenvalue weighted by Crippen LogP contribution is 2.40. The highest BCUT2D eigenvalue weighted by Gasteiger charge is 2.30. The highest BCUT2D eigenvalue weighted by molar-refractivity contribution is 5.59. The normalized spacial score (nSPS) is 19.2. The van der Waals surface area contributed by atoms with E-state index in [1.165, 1.54) is 18.5 Å². The summed E-state index contributed by atoms with van der Waals surface area (Å²) in [5.41, 5.74) is 2.01. The van der Waals surface area contributed by atoms with Gasteiger partial charge in [-0.2, -0.15) is 9.49 Å². The number of hydrogen-bond acceptors (Lipinski definition) is 5. The van der Waals surface area contributed by atoms with Gasteiger partial charge in [0.15, 0.2) is 17.5 Å². The summed E-state index contributed by atoms with van der Waals surface area (Å²) in [5, 5.41) is 10.1. The molecule has 0 bridgehead atoms. The minimum Gasteiger partial charge on any atom is -0.347 e. The molecule has 6 nitrogen and oxygen atoms in total. The van der Waals surface area contributed by atoms with Crippen LogP contribution in [0.15, 0.2) is 36.7 Å². The van der Waals surface area contributed by atoms with Gasteiger partial charge in [0.2, 0.25) is 5.82 Å². The van der Waals surface area contributed by atoms with Crippen molar-refractivity contribution in [2.75, 3.05) is 16.8 Å². The third-order valence-corrected chi connectivity index (χ3v) is 5.41. The van der Waals surface area contributed by atoms with Gasteiger partial charge in [0.05, 0.1) is 6.04 Å². The van der Waals surface area contributed by atoms with Crippen molar-refractivity contribution in [2.24, 2.45) is 0 Å². The maximum Gasteiger partial charge on any atom is 0.208 e. The molecular weight excluding hydrogens is 362 g/mol. The van der Waals surface area contributed by atoms with Gasteiger partial charge >= 0.3 is 0 Å². The van der Waals surface area contributed by atoms with E-state index in [1.807, 2.05) is 11.0 Å². The Morgan fingerprint density at radius 1 is 1.07 bits per heavy atom. The third kappa shape index (κ3) is 3.19. The van der Waals surface area contributed by atoms with Crippen LogP contribution in [0.3, 0.4) is 0 Å². The number of halogens is 2. The number of hydrogen-bond donors (Lipinski definition) is 2. The minimum atomic E-state index is -0.507. The fraction of sp³-hybridized carbons (Fsp3) is 0.350. The van der Waals surface area contributed by atoms with Crippen molar-refractivity contribution in [2.45, 2.75) is 37.6 Å². The van der Waals surface area contributed by atoms with Crippen LogP contribution in [0.4, 0.5) is 26.2 Å². The zero-order chi connectivity index (χ0) is 19.1. The number of rotatable bonds is 5. The van der Waals surface area contributed by atoms with Crippen LogP contribution in [0.1, 0.15) is 48.9 Å². The Hall–Kier alpha value is -3.03. The second kappa shape index (κ2) is 6.85. The third-order valence-electron chi connectivity index (χ3n) is 5.41. The Labute approximate surface area is 161 Å². The lowest BCUT2D eigenvalue weighted by Gasteiger charge is -2.26. The number of nitrogens with one attached hydrogen (secondary N) is 2. The fourth-order valence-electron chi connectivity index (χ4n) is 3.83. The lowest BCUT2D eigenvalue weighted by Crippen LogP contribution is -2.25. The molecule has 1 atom stereocenters. The molecule has 2 aromatic heterocycles. The van der Waals surface area contributed by atoms with Crippen molar-refractivity contribution in [3.63, 3.8) is 0 Å². The Balaban J connectivity index is 1.41. The average Bonchev–Trinajstić information content (AvgIpc) is 3.25. The number of benzene rings is 1. The maximum atomic E-state index is 15.2. The Morgan fingerprint density at radius 3 is 2.68 bits per heavy atom. The predicted molar refractivity (Wildman–Crippen MR) is 102 cm³/mol. The van der Waals surface area contributed by atoms with E-state index in [4.69, 9.17) is 0 Å². The Morgan fingerprint density at radius 2 is 1.89 bits per heavy atom. The van der Waals surface area contributed by atoms with Crippen molar-refractivity contribution < 1.29 is 8.78 Å². The molecule has 1 saturated carbocycles. The Kier molecular flexibility index (Phi) is 4.18. The van der Waals surface area contributed by atoms with Crippen LogP contribution in [-0.2, 0) is 0 Å². The van der Waals surface area contributed by atoms with Gasteiger partial charge in [-0.1, -0.05) is 12.1 Å². The number of nitrogens with zero attached hydrogens (tertiary/aromatic N) is 4. The van der Waals surface area contributed by atoms with Crippen LogP contribution in [0.25, 0.3) is 0 Å². The second-order valence-corrected chi connectivity index (χ2v) is 7.37. The molecule has 3 heterocycles. The van der Waals surface area contributed by atoms with E-state index in [2.05, 4.69) is 25.5 Å². The van der Waals surface area contributed by atoms with Gasteiger partial charge in [-0.05, 0) is 43.4 Å². The van der Waals surface area contributed by atoms with Crippen molar-refractivity contribution in [3.8, 4) is 0 Å². The van der Waals surface area contributed by atoms with Gasteiger partial charge in [0.25, 0.3) is 0 Å². The smallest absolute Gasteiger partial charge is 0.208 e. The van der Waals surface area contributed by atoms with E-state index in [9.17, 15) is 4.39 Å². The van der Waals surface area contributed by atoms with Gasteiger partial charge in [0.1, 0.15) is 12.1 Å². The first-order valence-corrected chi connectivity index (χ1v) is 9.54. The summed E-state index contributed by atoms with van der Waals surface area (Å²) in [5.74, 6) is 0.646. The van der Waals surface area contributed by atoms with Gasteiger partial charge < -0.3 is 10.2 Å². The summed E-state index contributed by atoms with van der Waals surface area (Å²) < 4.78 is 28.5. The van der Waals surface area contributed by atoms with Gasteiger partial charge in [-0.3, -0.25) is 5.10 Å². The van der Waals surface area contributed by atoms with Crippen molar-refractivity contribution in [3.05, 3.63) is 59.6 Å². The van der Waals surface area contributed by atoms with Crippen LogP contribution in [0.5, 0.6) is 0 Å². The van der Waals surface area contributed by atoms with Gasteiger partial charge in [0, 0.05) is 24.2 Å². The minimum absolute atomic E-state index is 0.0373. The number of H-pyrrole nitrogens is 1. The first-order chi connectivity index (χ1) is 13.7. The number of aromatic amines is 1. The van der Waals surface area contributed by atoms with Crippen molar-refractivity contribution >= 4 is 17.5 Å². The maximum absolute atomic E-state index is 15.2. The molecule has 0 radical (unpaired) electrons. The predicted octanol–water partition coefficient (Wildman–Crippen LogP) is 4.44. The zero-order valence-corrected chi connectivity index (χ0v) is 15.2. The Bertz CT molecular complexity index is 983. The molecular formula is C20H20F2N6. The molecule has 144 valence electrons. The summed E-state index contributed by atoms with van der Waals surface area (Å²) in [7, 11) is 0. The zero-order valence-electron chi connectivity index (χ0n) is 15.2. The molecule has 28 heavy (non-hydrogen) atoms. The molecule has 1 aliphatic heterocycles. The first-order valence-electron chi connectivity index (χ1n) is 9.54. The highest BCUT2D eigenvalue weighted by atomic mass is 19.1.